The molecule has 0 spiro atoms. The maximum Gasteiger partial charge on any atom is 0.345 e. The Morgan fingerprint density at radius 2 is 1.78 bits per heavy atom. The quantitative estimate of drug-likeness (QED) is 0.288. The number of carbonyl (C=O) groups excluding carboxylic acids is 1. The normalized spacial score (nSPS) is 13.6. The first-order chi connectivity index (χ1) is 12.6. The number of rotatable bonds is 12. The third kappa shape index (κ3) is 8.11. The van der Waals surface area contributed by atoms with Crippen molar-refractivity contribution in [3.8, 4) is 0 Å². The van der Waals surface area contributed by atoms with E-state index in [2.05, 4.69) is 17.1 Å². The number of hydrogen-bond acceptors (Lipinski definition) is 8. The summed E-state index contributed by atoms with van der Waals surface area (Å²) in [5.41, 5.74) is -1.90. The highest BCUT2D eigenvalue weighted by Crippen LogP contribution is 2.54. The van der Waals surface area contributed by atoms with E-state index in [0.717, 1.165) is 19.3 Å². The minimum Gasteiger partial charge on any atom is -0.459 e. The Labute approximate surface area is 161 Å². The van der Waals surface area contributed by atoms with E-state index in [1.54, 1.807) is 34.6 Å². The first kappa shape index (κ1) is 23.8. The van der Waals surface area contributed by atoms with Crippen LogP contribution in [0, 0.1) is 0 Å². The zero-order chi connectivity index (χ0) is 20.5. The van der Waals surface area contributed by atoms with Crippen molar-refractivity contribution in [2.75, 3.05) is 13.2 Å². The van der Waals surface area contributed by atoms with Crippen LogP contribution >= 0.6 is 7.60 Å². The van der Waals surface area contributed by atoms with Crippen molar-refractivity contribution in [2.45, 2.75) is 84.9 Å². The summed E-state index contributed by atoms with van der Waals surface area (Å²) in [7, 11) is -3.76. The lowest BCUT2D eigenvalue weighted by Crippen LogP contribution is -2.34. The molecule has 27 heavy (non-hydrogen) atoms. The molecule has 0 aliphatic heterocycles. The number of aromatic nitrogens is 2. The summed E-state index contributed by atoms with van der Waals surface area (Å²) in [6.07, 6.45) is 3.77. The summed E-state index contributed by atoms with van der Waals surface area (Å²) in [6.45, 7) is 11.0. The highest BCUT2D eigenvalue weighted by molar-refractivity contribution is 7.55. The fraction of sp³-hybridized carbons (Fsp3) is 0.833. The second-order valence-corrected chi connectivity index (χ2v) is 9.41. The van der Waals surface area contributed by atoms with E-state index in [9.17, 15) is 9.36 Å². The van der Waals surface area contributed by atoms with E-state index in [-0.39, 0.29) is 25.5 Å². The molecule has 156 valence electrons. The monoisotopic (exact) mass is 404 g/mol. The molecule has 0 aromatic carbocycles. The Kier molecular flexibility index (Phi) is 9.63. The summed E-state index contributed by atoms with van der Waals surface area (Å²) in [5, 5.41) is 3.94. The number of aryl methyl sites for hydroxylation is 1. The van der Waals surface area contributed by atoms with Gasteiger partial charge in [-0.15, -0.1) is 0 Å². The summed E-state index contributed by atoms with van der Waals surface area (Å²) in [4.78, 5) is 17.0. The van der Waals surface area contributed by atoms with E-state index in [4.69, 9.17) is 18.3 Å². The molecular formula is C18H33N2O6P. The average Bonchev–Trinajstić information content (AvgIpc) is 2.99. The van der Waals surface area contributed by atoms with Gasteiger partial charge in [0.2, 0.25) is 5.89 Å². The van der Waals surface area contributed by atoms with Gasteiger partial charge in [0.1, 0.15) is 5.60 Å². The molecule has 0 fully saturated rings. The molecule has 0 radical (unpaired) electrons. The van der Waals surface area contributed by atoms with Crippen LogP contribution in [0.3, 0.4) is 0 Å². The molecule has 0 saturated carbocycles. The van der Waals surface area contributed by atoms with Crippen molar-refractivity contribution in [2.24, 2.45) is 0 Å². The number of esters is 1. The first-order valence-corrected chi connectivity index (χ1v) is 11.2. The molecule has 1 rings (SSSR count). The molecule has 8 nitrogen and oxygen atoms in total. The summed E-state index contributed by atoms with van der Waals surface area (Å²) < 4.78 is 34.7. The Balaban J connectivity index is 3.03. The molecule has 1 unspecified atom stereocenters. The standard InChI is InChI=1S/C18H33N2O6P/c1-7-10-11-12-15-19-16(26-20-15)13-14(17(21)25-18(4,5)6)27(22,23-8-2)24-9-3/h14H,7-13H2,1-6H3. The van der Waals surface area contributed by atoms with Gasteiger partial charge in [0.05, 0.1) is 19.6 Å². The van der Waals surface area contributed by atoms with E-state index >= 15 is 0 Å². The van der Waals surface area contributed by atoms with Crippen molar-refractivity contribution in [3.05, 3.63) is 11.7 Å². The van der Waals surface area contributed by atoms with Crippen LogP contribution in [0.5, 0.6) is 0 Å². The zero-order valence-corrected chi connectivity index (χ0v) is 18.2. The van der Waals surface area contributed by atoms with E-state index in [1.165, 1.54) is 0 Å². The molecule has 1 aromatic rings. The molecule has 0 aliphatic carbocycles. The summed E-state index contributed by atoms with van der Waals surface area (Å²) >= 11 is 0. The molecule has 9 heteroatoms. The summed E-state index contributed by atoms with van der Waals surface area (Å²) in [6, 6.07) is 0. The Bertz CT molecular complexity index is 616. The highest BCUT2D eigenvalue weighted by Gasteiger charge is 2.44. The van der Waals surface area contributed by atoms with Crippen LogP contribution in [0.4, 0.5) is 0 Å². The van der Waals surface area contributed by atoms with Gasteiger partial charge in [-0.1, -0.05) is 24.9 Å². The maximum absolute atomic E-state index is 13.2. The van der Waals surface area contributed by atoms with Gasteiger partial charge in [-0.3, -0.25) is 9.36 Å². The fourth-order valence-corrected chi connectivity index (χ4v) is 4.29. The lowest BCUT2D eigenvalue weighted by molar-refractivity contribution is -0.154. The maximum atomic E-state index is 13.2. The minimum absolute atomic E-state index is 0.0625. The fourth-order valence-electron chi connectivity index (χ4n) is 2.44. The largest absolute Gasteiger partial charge is 0.459 e. The Hall–Kier alpha value is -1.24. The molecule has 1 heterocycles. The minimum atomic E-state index is -3.76. The second kappa shape index (κ2) is 10.9. The molecule has 1 atom stereocenters. The van der Waals surface area contributed by atoms with Gasteiger partial charge < -0.3 is 18.3 Å². The number of carbonyl (C=O) groups is 1. The Morgan fingerprint density at radius 1 is 1.15 bits per heavy atom. The van der Waals surface area contributed by atoms with Crippen LogP contribution in [0.1, 0.15) is 72.5 Å². The number of ether oxygens (including phenoxy) is 1. The summed E-state index contributed by atoms with van der Waals surface area (Å²) in [5.74, 6) is 0.125. The lowest BCUT2D eigenvalue weighted by atomic mass is 10.2. The predicted molar refractivity (Wildman–Crippen MR) is 102 cm³/mol. The Morgan fingerprint density at radius 3 is 2.30 bits per heavy atom. The van der Waals surface area contributed by atoms with Crippen LogP contribution < -0.4 is 0 Å². The van der Waals surface area contributed by atoms with Gasteiger partial charge in [-0.05, 0) is 41.0 Å². The van der Waals surface area contributed by atoms with Crippen molar-refractivity contribution in [1.29, 1.82) is 0 Å². The van der Waals surface area contributed by atoms with Crippen LogP contribution in [0.15, 0.2) is 4.52 Å². The third-order valence-electron chi connectivity index (χ3n) is 3.56. The molecule has 0 amide bonds. The van der Waals surface area contributed by atoms with E-state index in [1.807, 2.05) is 0 Å². The molecule has 0 saturated heterocycles. The van der Waals surface area contributed by atoms with Crippen LogP contribution in [0.2, 0.25) is 0 Å². The zero-order valence-electron chi connectivity index (χ0n) is 17.3. The van der Waals surface area contributed by atoms with Crippen molar-refractivity contribution in [3.63, 3.8) is 0 Å². The van der Waals surface area contributed by atoms with Crippen LogP contribution in [-0.4, -0.2) is 40.6 Å². The van der Waals surface area contributed by atoms with E-state index < -0.39 is 24.8 Å². The molecule has 0 aliphatic rings. The van der Waals surface area contributed by atoms with Gasteiger partial charge in [0.15, 0.2) is 11.5 Å². The van der Waals surface area contributed by atoms with Gasteiger partial charge in [0.25, 0.3) is 0 Å². The van der Waals surface area contributed by atoms with Crippen molar-refractivity contribution < 1.29 is 27.7 Å². The van der Waals surface area contributed by atoms with Gasteiger partial charge >= 0.3 is 13.6 Å². The van der Waals surface area contributed by atoms with Gasteiger partial charge in [0, 0.05) is 6.42 Å². The van der Waals surface area contributed by atoms with Crippen LogP contribution in [-0.2, 0) is 36.0 Å². The van der Waals surface area contributed by atoms with Crippen molar-refractivity contribution >= 4 is 13.6 Å². The van der Waals surface area contributed by atoms with Crippen LogP contribution in [0.25, 0.3) is 0 Å². The molecule has 1 aromatic heterocycles. The lowest BCUT2D eigenvalue weighted by Gasteiger charge is -2.27. The molecule has 0 bridgehead atoms. The third-order valence-corrected chi connectivity index (χ3v) is 5.95. The predicted octanol–water partition coefficient (Wildman–Crippen LogP) is 4.32. The van der Waals surface area contributed by atoms with Gasteiger partial charge in [-0.25, -0.2) is 0 Å². The molecule has 0 N–H and O–H groups in total. The highest BCUT2D eigenvalue weighted by atomic mass is 31.2. The van der Waals surface area contributed by atoms with Gasteiger partial charge in [-0.2, -0.15) is 4.98 Å². The SMILES string of the molecule is CCCCCc1noc(CC(C(=O)OC(C)(C)C)P(=O)(OCC)OCC)n1. The molecular weight excluding hydrogens is 371 g/mol. The first-order valence-electron chi connectivity index (χ1n) is 9.58. The topological polar surface area (TPSA) is 101 Å². The average molecular weight is 404 g/mol. The second-order valence-electron chi connectivity index (χ2n) is 7.19. The van der Waals surface area contributed by atoms with E-state index in [0.29, 0.717) is 12.2 Å². The number of unbranched alkanes of at least 4 members (excludes halogenated alkanes) is 2. The smallest absolute Gasteiger partial charge is 0.345 e. The number of nitrogens with zero attached hydrogens (tertiary/aromatic N) is 2. The van der Waals surface area contributed by atoms with Crippen molar-refractivity contribution in [1.82, 2.24) is 10.1 Å². The number of hydrogen-bond donors (Lipinski definition) is 0.